The molecule has 1 unspecified atom stereocenters. The van der Waals surface area contributed by atoms with E-state index in [0.717, 1.165) is 5.56 Å². The number of methoxy groups -OCH3 is 1. The highest BCUT2D eigenvalue weighted by molar-refractivity contribution is 6.30. The molecule has 10 nitrogen and oxygen atoms in total. The first kappa shape index (κ1) is 25.9. The zero-order chi connectivity index (χ0) is 26.7. The molecule has 37 heavy (non-hydrogen) atoms. The molecule has 1 atom stereocenters. The normalized spacial score (nSPS) is 11.7. The van der Waals surface area contributed by atoms with Crippen LogP contribution in [0.1, 0.15) is 45.8 Å². The summed E-state index contributed by atoms with van der Waals surface area (Å²) in [5.41, 5.74) is 3.36. The van der Waals surface area contributed by atoms with Gasteiger partial charge in [-0.2, -0.15) is 10.1 Å². The molecule has 0 amide bonds. The van der Waals surface area contributed by atoms with Gasteiger partial charge in [0.05, 0.1) is 31.1 Å². The van der Waals surface area contributed by atoms with Crippen molar-refractivity contribution in [1.82, 2.24) is 24.3 Å². The second kappa shape index (κ2) is 10.8. The number of carbonyl (C=O) groups excluding carboxylic acids is 1. The van der Waals surface area contributed by atoms with Crippen molar-refractivity contribution >= 4 is 23.3 Å². The van der Waals surface area contributed by atoms with Gasteiger partial charge >= 0.3 is 12.0 Å². The van der Waals surface area contributed by atoms with E-state index in [1.807, 2.05) is 19.1 Å². The predicted molar refractivity (Wildman–Crippen MR) is 140 cm³/mol. The van der Waals surface area contributed by atoms with Crippen LogP contribution in [-0.2, 0) is 11.8 Å². The number of benzene rings is 1. The first-order chi connectivity index (χ1) is 17.7. The summed E-state index contributed by atoms with van der Waals surface area (Å²) in [6.07, 6.45) is 3.23. The van der Waals surface area contributed by atoms with Crippen molar-refractivity contribution in [2.75, 3.05) is 19.0 Å². The van der Waals surface area contributed by atoms with Crippen LogP contribution in [0.5, 0.6) is 6.01 Å². The van der Waals surface area contributed by atoms with Crippen LogP contribution >= 0.6 is 11.6 Å². The van der Waals surface area contributed by atoms with Gasteiger partial charge in [-0.25, -0.2) is 14.5 Å². The van der Waals surface area contributed by atoms with Crippen molar-refractivity contribution in [3.05, 3.63) is 92.2 Å². The summed E-state index contributed by atoms with van der Waals surface area (Å²) in [6.45, 7) is 5.47. The van der Waals surface area contributed by atoms with Gasteiger partial charge in [-0.05, 0) is 44.5 Å². The highest BCUT2D eigenvalue weighted by Crippen LogP contribution is 2.33. The van der Waals surface area contributed by atoms with E-state index >= 15 is 0 Å². The van der Waals surface area contributed by atoms with E-state index in [1.54, 1.807) is 51.4 Å². The number of anilines is 1. The van der Waals surface area contributed by atoms with E-state index in [1.165, 1.54) is 22.6 Å². The number of esters is 1. The molecule has 1 N–H and O–H groups in total. The van der Waals surface area contributed by atoms with Crippen molar-refractivity contribution in [2.45, 2.75) is 26.8 Å². The van der Waals surface area contributed by atoms with Gasteiger partial charge in [-0.3, -0.25) is 4.79 Å². The minimum Gasteiger partial charge on any atom is -0.467 e. The van der Waals surface area contributed by atoms with E-state index in [-0.39, 0.29) is 23.9 Å². The Hall–Kier alpha value is -4.18. The Balaban J connectivity index is 1.96. The maximum atomic E-state index is 13.4. The molecule has 3 heterocycles. The number of hydrogen-bond acceptors (Lipinski definition) is 8. The summed E-state index contributed by atoms with van der Waals surface area (Å²) in [4.78, 5) is 34.1. The third-order valence-electron chi connectivity index (χ3n) is 5.76. The Morgan fingerprint density at radius 3 is 2.57 bits per heavy atom. The zero-order valence-corrected chi connectivity index (χ0v) is 21.9. The molecule has 0 aliphatic rings. The predicted octanol–water partition coefficient (Wildman–Crippen LogP) is 4.02. The molecule has 0 saturated heterocycles. The van der Waals surface area contributed by atoms with Crippen molar-refractivity contribution < 1.29 is 14.3 Å². The molecule has 4 aromatic rings. The summed E-state index contributed by atoms with van der Waals surface area (Å²) >= 11 is 6.17. The number of hydrogen-bond donors (Lipinski definition) is 1. The molecule has 0 fully saturated rings. The Kier molecular flexibility index (Phi) is 7.58. The number of ether oxygens (including phenoxy) is 2. The molecule has 0 spiro atoms. The van der Waals surface area contributed by atoms with Crippen LogP contribution in [0.4, 0.5) is 5.69 Å². The maximum Gasteiger partial charge on any atom is 0.357 e. The molecule has 0 bridgehead atoms. The van der Waals surface area contributed by atoms with Crippen LogP contribution < -0.4 is 15.6 Å². The fraction of sp³-hybridized carbons (Fsp3) is 0.269. The Morgan fingerprint density at radius 2 is 1.92 bits per heavy atom. The average molecular weight is 523 g/mol. The molecule has 0 saturated carbocycles. The molecular weight excluding hydrogens is 496 g/mol. The van der Waals surface area contributed by atoms with Gasteiger partial charge in [0.1, 0.15) is 0 Å². The van der Waals surface area contributed by atoms with Crippen LogP contribution in [-0.4, -0.2) is 44.0 Å². The number of aryl methyl sites for hydroxylation is 3. The summed E-state index contributed by atoms with van der Waals surface area (Å²) in [6, 6.07) is 10.3. The fourth-order valence-electron chi connectivity index (χ4n) is 4.10. The van der Waals surface area contributed by atoms with E-state index in [4.69, 9.17) is 21.1 Å². The first-order valence-corrected chi connectivity index (χ1v) is 11.9. The smallest absolute Gasteiger partial charge is 0.357 e. The molecule has 0 aliphatic heterocycles. The number of carbonyl (C=O) groups is 1. The third-order valence-corrected chi connectivity index (χ3v) is 6.01. The SMILES string of the molecule is CCOC(=O)c1c(C(Nc2cc(C)c(=O)n(C)c2)c2ccc(Cl)cc2)c(C)nn1-c1ccnc(OC)n1. The lowest BCUT2D eigenvalue weighted by atomic mass is 9.96. The van der Waals surface area contributed by atoms with Crippen LogP contribution in [0.15, 0.2) is 53.6 Å². The van der Waals surface area contributed by atoms with Gasteiger partial charge in [0.15, 0.2) is 11.5 Å². The minimum atomic E-state index is -0.562. The van der Waals surface area contributed by atoms with Crippen LogP contribution in [0.3, 0.4) is 0 Å². The highest BCUT2D eigenvalue weighted by Gasteiger charge is 2.31. The van der Waals surface area contributed by atoms with Gasteiger partial charge in [-0.1, -0.05) is 23.7 Å². The number of aromatic nitrogens is 5. The van der Waals surface area contributed by atoms with Gasteiger partial charge in [0.25, 0.3) is 5.56 Å². The van der Waals surface area contributed by atoms with Crippen LogP contribution in [0.25, 0.3) is 5.82 Å². The molecule has 0 aliphatic carbocycles. The van der Waals surface area contributed by atoms with Crippen molar-refractivity contribution in [3.63, 3.8) is 0 Å². The lowest BCUT2D eigenvalue weighted by Gasteiger charge is -2.22. The summed E-state index contributed by atoms with van der Waals surface area (Å²) < 4.78 is 13.5. The van der Waals surface area contributed by atoms with E-state index in [2.05, 4.69) is 20.4 Å². The molecule has 11 heteroatoms. The zero-order valence-electron chi connectivity index (χ0n) is 21.2. The van der Waals surface area contributed by atoms with Gasteiger partial charge in [-0.15, -0.1) is 0 Å². The molecule has 0 radical (unpaired) electrons. The van der Waals surface area contributed by atoms with Gasteiger partial charge < -0.3 is 19.4 Å². The number of halogens is 1. The second-order valence-electron chi connectivity index (χ2n) is 8.34. The number of pyridine rings is 1. The number of nitrogens with one attached hydrogen (secondary N) is 1. The van der Waals surface area contributed by atoms with E-state index in [9.17, 15) is 9.59 Å². The van der Waals surface area contributed by atoms with Gasteiger partial charge in [0.2, 0.25) is 0 Å². The molecule has 3 aromatic heterocycles. The van der Waals surface area contributed by atoms with Crippen molar-refractivity contribution in [1.29, 1.82) is 0 Å². The van der Waals surface area contributed by atoms with Crippen molar-refractivity contribution in [2.24, 2.45) is 7.05 Å². The van der Waals surface area contributed by atoms with E-state index in [0.29, 0.717) is 33.3 Å². The number of rotatable bonds is 8. The quantitative estimate of drug-likeness (QED) is 0.345. The summed E-state index contributed by atoms with van der Waals surface area (Å²) in [7, 11) is 3.15. The minimum absolute atomic E-state index is 0.0949. The number of nitrogens with zero attached hydrogens (tertiary/aromatic N) is 5. The molecular formula is C26H27ClN6O4. The molecule has 192 valence electrons. The topological polar surface area (TPSA) is 113 Å². The lowest BCUT2D eigenvalue weighted by Crippen LogP contribution is -2.22. The molecule has 1 aromatic carbocycles. The lowest BCUT2D eigenvalue weighted by molar-refractivity contribution is 0.0514. The van der Waals surface area contributed by atoms with Crippen molar-refractivity contribution in [3.8, 4) is 11.8 Å². The van der Waals surface area contributed by atoms with Crippen LogP contribution in [0.2, 0.25) is 5.02 Å². The maximum absolute atomic E-state index is 13.4. The Labute approximate surface area is 218 Å². The standard InChI is InChI=1S/C26H27ClN6O4/c1-6-37-25(35)23-21(16(3)31-33(23)20-11-12-28-26(30-20)36-5)22(17-7-9-18(27)10-8-17)29-19-13-15(2)24(34)32(4)14-19/h7-14,22,29H,6H2,1-5H3. The largest absolute Gasteiger partial charge is 0.467 e. The Bertz CT molecular complexity index is 1470. The molecule has 4 rings (SSSR count). The van der Waals surface area contributed by atoms with E-state index < -0.39 is 12.0 Å². The monoisotopic (exact) mass is 522 g/mol. The Morgan fingerprint density at radius 1 is 1.19 bits per heavy atom. The highest BCUT2D eigenvalue weighted by atomic mass is 35.5. The summed E-state index contributed by atoms with van der Waals surface area (Å²) in [5.74, 6) is -0.217. The summed E-state index contributed by atoms with van der Waals surface area (Å²) in [5, 5.41) is 8.72. The van der Waals surface area contributed by atoms with Crippen LogP contribution in [0, 0.1) is 13.8 Å². The average Bonchev–Trinajstić information content (AvgIpc) is 3.23. The third kappa shape index (κ3) is 5.34. The second-order valence-corrected chi connectivity index (χ2v) is 8.77. The van der Waals surface area contributed by atoms with Gasteiger partial charge in [0, 0.05) is 41.7 Å². The fourth-order valence-corrected chi connectivity index (χ4v) is 4.22. The first-order valence-electron chi connectivity index (χ1n) is 11.6.